The van der Waals surface area contributed by atoms with Crippen LogP contribution >= 0.6 is 0 Å². The number of nitrogens with zero attached hydrogens (tertiary/aromatic N) is 1. The van der Waals surface area contributed by atoms with Gasteiger partial charge in [0.15, 0.2) is 12.6 Å². The second-order valence-electron chi connectivity index (χ2n) is 7.81. The molecule has 0 radical (unpaired) electrons. The summed E-state index contributed by atoms with van der Waals surface area (Å²) in [6.45, 7) is 3.93. The van der Waals surface area contributed by atoms with E-state index in [1.165, 1.54) is 6.42 Å². The lowest BCUT2D eigenvalue weighted by Crippen LogP contribution is -3.11. The Morgan fingerprint density at radius 2 is 1.66 bits per heavy atom. The zero-order valence-electron chi connectivity index (χ0n) is 17.5. The lowest BCUT2D eigenvalue weighted by Gasteiger charge is -2.32. The van der Waals surface area contributed by atoms with Crippen molar-refractivity contribution < 1.29 is 14.5 Å². The molecule has 2 N–H and O–H groups in total. The van der Waals surface area contributed by atoms with Crippen LogP contribution in [-0.4, -0.2) is 43.4 Å². The summed E-state index contributed by atoms with van der Waals surface area (Å²) < 4.78 is 0. The number of carbonyl (C=O) groups is 2. The molecule has 29 heavy (non-hydrogen) atoms. The average Bonchev–Trinajstić information content (AvgIpc) is 2.75. The van der Waals surface area contributed by atoms with Gasteiger partial charge in [-0.15, -0.1) is 0 Å². The molecule has 0 bridgehead atoms. The quantitative estimate of drug-likeness (QED) is 0.758. The molecule has 1 fully saturated rings. The Labute approximate surface area is 173 Å². The summed E-state index contributed by atoms with van der Waals surface area (Å²) in [5, 5.41) is 3.03. The fraction of sp³-hybridized carbons (Fsp3) is 0.417. The zero-order chi connectivity index (χ0) is 20.6. The highest BCUT2D eigenvalue weighted by Gasteiger charge is 2.34. The van der Waals surface area contributed by atoms with Crippen LogP contribution in [0.15, 0.2) is 54.6 Å². The molecule has 2 aromatic carbocycles. The molecule has 2 aromatic rings. The highest BCUT2D eigenvalue weighted by Crippen LogP contribution is 2.17. The molecule has 0 aromatic heterocycles. The first kappa shape index (κ1) is 21.1. The van der Waals surface area contributed by atoms with Crippen molar-refractivity contribution in [1.82, 2.24) is 4.90 Å². The Hall–Kier alpha value is -2.66. The van der Waals surface area contributed by atoms with Crippen LogP contribution in [-0.2, 0) is 16.0 Å². The van der Waals surface area contributed by atoms with Crippen LogP contribution in [0.3, 0.4) is 0 Å². The van der Waals surface area contributed by atoms with Gasteiger partial charge in [0, 0.05) is 24.3 Å². The van der Waals surface area contributed by atoms with Gasteiger partial charge in [0.25, 0.3) is 11.8 Å². The van der Waals surface area contributed by atoms with Crippen LogP contribution in [0.1, 0.15) is 43.4 Å². The molecule has 1 unspecified atom stereocenters. The molecule has 2 amide bonds. The number of likely N-dealkylation sites (tertiary alicyclic amines) is 1. The van der Waals surface area contributed by atoms with Gasteiger partial charge in [0.05, 0.1) is 7.05 Å². The van der Waals surface area contributed by atoms with E-state index < -0.39 is 0 Å². The van der Waals surface area contributed by atoms with Crippen LogP contribution < -0.4 is 10.2 Å². The van der Waals surface area contributed by atoms with Crippen LogP contribution in [0.25, 0.3) is 0 Å². The van der Waals surface area contributed by atoms with Gasteiger partial charge in [-0.25, -0.2) is 0 Å². The molecule has 154 valence electrons. The number of aryl methyl sites for hydroxylation is 1. The molecule has 5 heteroatoms. The first-order valence-corrected chi connectivity index (χ1v) is 10.6. The summed E-state index contributed by atoms with van der Waals surface area (Å²) in [5.41, 5.74) is 2.93. The van der Waals surface area contributed by atoms with Crippen LogP contribution in [0.4, 0.5) is 5.69 Å². The number of quaternary nitrogens is 1. The van der Waals surface area contributed by atoms with Crippen molar-refractivity contribution in [3.8, 4) is 0 Å². The Morgan fingerprint density at radius 1 is 1.00 bits per heavy atom. The zero-order valence-corrected chi connectivity index (χ0v) is 17.5. The first-order valence-electron chi connectivity index (χ1n) is 10.6. The molecule has 0 saturated carbocycles. The van der Waals surface area contributed by atoms with Gasteiger partial charge in [-0.3, -0.25) is 9.59 Å². The van der Waals surface area contributed by atoms with Gasteiger partial charge in [0.1, 0.15) is 0 Å². The van der Waals surface area contributed by atoms with Gasteiger partial charge in [0.2, 0.25) is 0 Å². The maximum absolute atomic E-state index is 13.4. The van der Waals surface area contributed by atoms with Crippen molar-refractivity contribution >= 4 is 17.5 Å². The van der Waals surface area contributed by atoms with Crippen molar-refractivity contribution in [2.45, 2.75) is 38.6 Å². The van der Waals surface area contributed by atoms with E-state index in [9.17, 15) is 9.59 Å². The Kier molecular flexibility index (Phi) is 7.42. The summed E-state index contributed by atoms with van der Waals surface area (Å²) in [6.07, 6.45) is 4.15. The van der Waals surface area contributed by atoms with Gasteiger partial charge >= 0.3 is 0 Å². The van der Waals surface area contributed by atoms with E-state index in [0.717, 1.165) is 54.1 Å². The second-order valence-corrected chi connectivity index (χ2v) is 7.81. The van der Waals surface area contributed by atoms with E-state index in [4.69, 9.17) is 0 Å². The van der Waals surface area contributed by atoms with Crippen molar-refractivity contribution in [3.05, 3.63) is 65.7 Å². The number of nitrogens with one attached hydrogen (secondary N) is 2. The second kappa shape index (κ2) is 10.2. The smallest absolute Gasteiger partial charge is 0.285 e. The van der Waals surface area contributed by atoms with Gasteiger partial charge < -0.3 is 15.1 Å². The number of carbonyl (C=O) groups excluding carboxylic acids is 2. The lowest BCUT2D eigenvalue weighted by molar-refractivity contribution is -0.894. The Morgan fingerprint density at radius 3 is 2.34 bits per heavy atom. The maximum atomic E-state index is 13.4. The van der Waals surface area contributed by atoms with E-state index in [0.29, 0.717) is 0 Å². The number of hydrogen-bond donors (Lipinski definition) is 2. The largest absolute Gasteiger partial charge is 0.337 e. The molecule has 3 rings (SSSR count). The van der Waals surface area contributed by atoms with Crippen molar-refractivity contribution in [2.24, 2.45) is 0 Å². The number of likely N-dealkylation sites (N-methyl/N-ethyl adjacent to an activating group) is 1. The standard InChI is InChI=1S/C24H31N3O2/c1-3-19-12-8-9-15-21(19)25-22(28)18-26(2)23(20-13-6-4-7-14-20)24(29)27-16-10-5-11-17-27/h4,6-9,12-15,23H,3,5,10-11,16-18H2,1-2H3,(H,25,28)/p+1/t23-/m0/s1. The third-order valence-electron chi connectivity index (χ3n) is 5.65. The van der Waals surface area contributed by atoms with Crippen molar-refractivity contribution in [1.29, 1.82) is 0 Å². The number of rotatable bonds is 7. The summed E-state index contributed by atoms with van der Waals surface area (Å²) in [7, 11) is 1.94. The van der Waals surface area contributed by atoms with Crippen LogP contribution in [0.5, 0.6) is 0 Å². The number of piperidine rings is 1. The summed E-state index contributed by atoms with van der Waals surface area (Å²) in [6, 6.07) is 17.3. The van der Waals surface area contributed by atoms with Crippen molar-refractivity contribution in [2.75, 3.05) is 32.0 Å². The van der Waals surface area contributed by atoms with E-state index in [-0.39, 0.29) is 24.4 Å². The minimum atomic E-state index is -0.374. The topological polar surface area (TPSA) is 53.9 Å². The highest BCUT2D eigenvalue weighted by atomic mass is 16.2. The Bertz CT molecular complexity index is 816. The van der Waals surface area contributed by atoms with E-state index in [1.54, 1.807) is 0 Å². The van der Waals surface area contributed by atoms with Crippen LogP contribution in [0.2, 0.25) is 0 Å². The molecule has 1 aliphatic heterocycles. The monoisotopic (exact) mass is 394 g/mol. The predicted molar refractivity (Wildman–Crippen MR) is 116 cm³/mol. The van der Waals surface area contributed by atoms with E-state index in [2.05, 4.69) is 12.2 Å². The number of para-hydroxylation sites is 1. The fourth-order valence-electron chi connectivity index (χ4n) is 4.08. The van der Waals surface area contributed by atoms with Gasteiger partial charge in [-0.2, -0.15) is 0 Å². The molecule has 1 heterocycles. The normalized spacial score (nSPS) is 16.1. The molecule has 1 aliphatic rings. The molecular weight excluding hydrogens is 362 g/mol. The minimum absolute atomic E-state index is 0.0734. The highest BCUT2D eigenvalue weighted by molar-refractivity contribution is 5.92. The Balaban J connectivity index is 1.74. The summed E-state index contributed by atoms with van der Waals surface area (Å²) in [5.74, 6) is 0.0472. The summed E-state index contributed by atoms with van der Waals surface area (Å²) in [4.78, 5) is 29.0. The fourth-order valence-corrected chi connectivity index (χ4v) is 4.08. The molecule has 2 atom stereocenters. The molecule has 0 aliphatic carbocycles. The molecule has 1 saturated heterocycles. The van der Waals surface area contributed by atoms with Gasteiger partial charge in [-0.05, 0) is 37.3 Å². The molecular formula is C24H32N3O2+. The molecule has 0 spiro atoms. The third kappa shape index (κ3) is 5.45. The number of anilines is 1. The lowest BCUT2D eigenvalue weighted by atomic mass is 10.0. The van der Waals surface area contributed by atoms with Crippen LogP contribution in [0, 0.1) is 0 Å². The number of amides is 2. The van der Waals surface area contributed by atoms with Crippen molar-refractivity contribution in [3.63, 3.8) is 0 Å². The number of benzene rings is 2. The third-order valence-corrected chi connectivity index (χ3v) is 5.65. The maximum Gasteiger partial charge on any atom is 0.285 e. The summed E-state index contributed by atoms with van der Waals surface area (Å²) >= 11 is 0. The molecule has 5 nitrogen and oxygen atoms in total. The average molecular weight is 395 g/mol. The van der Waals surface area contributed by atoms with Gasteiger partial charge in [-0.1, -0.05) is 55.5 Å². The minimum Gasteiger partial charge on any atom is -0.337 e. The number of hydrogen-bond acceptors (Lipinski definition) is 2. The SMILES string of the molecule is CCc1ccccc1NC(=O)C[NH+](C)[C@H](C(=O)N1CCCCC1)c1ccccc1. The predicted octanol–water partition coefficient (Wildman–Crippen LogP) is 2.46. The van der Waals surface area contributed by atoms with E-state index in [1.807, 2.05) is 66.5 Å². The van der Waals surface area contributed by atoms with E-state index >= 15 is 0 Å². The first-order chi connectivity index (χ1) is 14.1.